The van der Waals surface area contributed by atoms with E-state index in [2.05, 4.69) is 10.8 Å². The summed E-state index contributed by atoms with van der Waals surface area (Å²) in [7, 11) is 8.85. The van der Waals surface area contributed by atoms with Crippen molar-refractivity contribution in [3.8, 4) is 0 Å². The molecule has 0 fully saturated rings. The first-order valence-electron chi connectivity index (χ1n) is 2.80. The highest BCUT2D eigenvalue weighted by Crippen LogP contribution is 2.49. The molecule has 11 heavy (non-hydrogen) atoms. The molecule has 60 valence electrons. The molecule has 0 spiro atoms. The quantitative estimate of drug-likeness (QED) is 0.548. The molecule has 1 aliphatic rings. The van der Waals surface area contributed by atoms with Crippen LogP contribution in [0.2, 0.25) is 0 Å². The third-order valence-corrected chi connectivity index (χ3v) is 8.43. The van der Waals surface area contributed by atoms with E-state index < -0.39 is 0 Å². The van der Waals surface area contributed by atoms with E-state index in [0.717, 1.165) is 0 Å². The fraction of sp³-hybridized carbons (Fsp3) is 0. The lowest BCUT2D eigenvalue weighted by atomic mass is 10.5. The molecule has 0 nitrogen and oxygen atoms in total. The van der Waals surface area contributed by atoms with E-state index in [-0.39, 0.29) is 0 Å². The first-order valence-corrected chi connectivity index (χ1v) is 9.08. The van der Waals surface area contributed by atoms with Crippen molar-refractivity contribution in [2.24, 2.45) is 0 Å². The Morgan fingerprint density at radius 2 is 1.09 bits per heavy atom. The summed E-state index contributed by atoms with van der Waals surface area (Å²) < 4.78 is 0. The lowest BCUT2D eigenvalue weighted by Gasteiger charge is -1.90. The Kier molecular flexibility index (Phi) is 6.96. The van der Waals surface area contributed by atoms with Gasteiger partial charge in [-0.15, -0.1) is 0 Å². The van der Waals surface area contributed by atoms with Gasteiger partial charge in [-0.05, 0) is 40.3 Å². The standard InChI is InChI=1S/C6H6S5/c1-2-4-6-8-10-11-9-7-5-3-1/h1-6H/b2-1?,5-3+,6-4?. The van der Waals surface area contributed by atoms with Gasteiger partial charge in [0.25, 0.3) is 0 Å². The van der Waals surface area contributed by atoms with Crippen molar-refractivity contribution in [2.45, 2.75) is 0 Å². The molecule has 1 heterocycles. The predicted molar refractivity (Wildman–Crippen MR) is 65.4 cm³/mol. The van der Waals surface area contributed by atoms with Gasteiger partial charge in [0.15, 0.2) is 0 Å². The molecule has 0 bridgehead atoms. The number of rotatable bonds is 0. The molecule has 0 aromatic heterocycles. The Hall–Kier alpha value is 0.970. The van der Waals surface area contributed by atoms with Crippen molar-refractivity contribution in [1.82, 2.24) is 0 Å². The van der Waals surface area contributed by atoms with E-state index in [1.807, 2.05) is 24.3 Å². The van der Waals surface area contributed by atoms with Gasteiger partial charge in [-0.3, -0.25) is 0 Å². The van der Waals surface area contributed by atoms with Crippen molar-refractivity contribution in [3.63, 3.8) is 0 Å². The van der Waals surface area contributed by atoms with Crippen LogP contribution in [-0.4, -0.2) is 0 Å². The van der Waals surface area contributed by atoms with Crippen molar-refractivity contribution >= 4 is 51.1 Å². The lowest BCUT2D eigenvalue weighted by molar-refractivity contribution is 1.96. The summed E-state index contributed by atoms with van der Waals surface area (Å²) in [5, 5.41) is 4.16. The molecule has 0 unspecified atom stereocenters. The molecule has 0 aromatic carbocycles. The fourth-order valence-corrected chi connectivity index (χ4v) is 7.56. The smallest absolute Gasteiger partial charge is 0.00107 e. The second kappa shape index (κ2) is 7.61. The van der Waals surface area contributed by atoms with Gasteiger partial charge in [0.1, 0.15) is 0 Å². The Balaban J connectivity index is 2.36. The second-order valence-electron chi connectivity index (χ2n) is 1.44. The third kappa shape index (κ3) is 6.16. The Bertz CT molecular complexity index is 154. The van der Waals surface area contributed by atoms with Crippen LogP contribution in [0.4, 0.5) is 0 Å². The van der Waals surface area contributed by atoms with Crippen molar-refractivity contribution < 1.29 is 0 Å². The minimum Gasteiger partial charge on any atom is -0.0617 e. The van der Waals surface area contributed by atoms with E-state index in [1.165, 1.54) is 0 Å². The zero-order chi connectivity index (χ0) is 7.78. The monoisotopic (exact) mass is 238 g/mol. The van der Waals surface area contributed by atoms with Crippen LogP contribution in [0.1, 0.15) is 0 Å². The molecule has 0 radical (unpaired) electrons. The van der Waals surface area contributed by atoms with Gasteiger partial charge in [-0.1, -0.05) is 45.9 Å². The van der Waals surface area contributed by atoms with Crippen LogP contribution >= 0.6 is 51.1 Å². The zero-order valence-electron chi connectivity index (χ0n) is 5.51. The summed E-state index contributed by atoms with van der Waals surface area (Å²) in [6, 6.07) is 0. The first-order chi connectivity index (χ1) is 5.50. The first kappa shape index (κ1) is 10.1. The van der Waals surface area contributed by atoms with Gasteiger partial charge < -0.3 is 0 Å². The lowest BCUT2D eigenvalue weighted by Crippen LogP contribution is -1.45. The minimum atomic E-state index is 1.75. The maximum atomic E-state index is 2.08. The maximum absolute atomic E-state index is 2.08. The normalized spacial score (nSPS) is 22.5. The second-order valence-corrected chi connectivity index (χ2v) is 8.83. The van der Waals surface area contributed by atoms with Gasteiger partial charge in [-0.2, -0.15) is 0 Å². The van der Waals surface area contributed by atoms with Crippen LogP contribution in [0.15, 0.2) is 35.1 Å². The predicted octanol–water partition coefficient (Wildman–Crippen LogP) is 4.91. The third-order valence-electron chi connectivity index (χ3n) is 0.736. The topological polar surface area (TPSA) is 0 Å². The van der Waals surface area contributed by atoms with Gasteiger partial charge in [0.05, 0.1) is 0 Å². The van der Waals surface area contributed by atoms with Crippen molar-refractivity contribution in [3.05, 3.63) is 35.1 Å². The fourth-order valence-electron chi connectivity index (χ4n) is 0.372. The summed E-state index contributed by atoms with van der Waals surface area (Å²) in [5.74, 6) is 0. The van der Waals surface area contributed by atoms with E-state index in [9.17, 15) is 0 Å². The number of hydrogen-bond acceptors (Lipinski definition) is 5. The van der Waals surface area contributed by atoms with E-state index >= 15 is 0 Å². The Labute approximate surface area is 85.7 Å². The Morgan fingerprint density at radius 3 is 1.64 bits per heavy atom. The SMILES string of the molecule is C1=C/C=C/SSSSSC=C1. The van der Waals surface area contributed by atoms with Gasteiger partial charge in [-0.25, -0.2) is 0 Å². The Morgan fingerprint density at radius 1 is 0.545 bits per heavy atom. The van der Waals surface area contributed by atoms with E-state index in [0.29, 0.717) is 0 Å². The molecule has 0 aromatic rings. The van der Waals surface area contributed by atoms with E-state index in [4.69, 9.17) is 0 Å². The van der Waals surface area contributed by atoms with Crippen LogP contribution in [0.3, 0.4) is 0 Å². The van der Waals surface area contributed by atoms with Crippen LogP contribution in [0.25, 0.3) is 0 Å². The number of allylic oxidation sites excluding steroid dienone is 4. The maximum Gasteiger partial charge on any atom is -0.00107 e. The van der Waals surface area contributed by atoms with Gasteiger partial charge in [0.2, 0.25) is 0 Å². The largest absolute Gasteiger partial charge is 0.0617 e. The number of hydrogen-bond donors (Lipinski definition) is 0. The highest BCUT2D eigenvalue weighted by Gasteiger charge is 1.88. The minimum absolute atomic E-state index is 1.75. The average molecular weight is 238 g/mol. The summed E-state index contributed by atoms with van der Waals surface area (Å²) in [5.41, 5.74) is 0. The van der Waals surface area contributed by atoms with Crippen LogP contribution in [0.5, 0.6) is 0 Å². The molecular weight excluding hydrogens is 232 g/mol. The zero-order valence-corrected chi connectivity index (χ0v) is 9.59. The van der Waals surface area contributed by atoms with Crippen molar-refractivity contribution in [1.29, 1.82) is 0 Å². The van der Waals surface area contributed by atoms with Gasteiger partial charge in [0, 0.05) is 0 Å². The summed E-state index contributed by atoms with van der Waals surface area (Å²) in [6.07, 6.45) is 8.16. The van der Waals surface area contributed by atoms with Gasteiger partial charge >= 0.3 is 0 Å². The highest BCUT2D eigenvalue weighted by atomic mass is 33.8. The molecule has 5 heteroatoms. The summed E-state index contributed by atoms with van der Waals surface area (Å²) in [6.45, 7) is 0. The molecular formula is C6H6S5. The molecule has 0 saturated carbocycles. The highest BCUT2D eigenvalue weighted by molar-refractivity contribution is 9.36. The molecule has 0 amide bonds. The molecule has 0 aliphatic carbocycles. The average Bonchev–Trinajstić information content (AvgIpc) is 2.08. The molecule has 1 rings (SSSR count). The van der Waals surface area contributed by atoms with Crippen molar-refractivity contribution in [2.75, 3.05) is 0 Å². The van der Waals surface area contributed by atoms with Crippen LogP contribution < -0.4 is 0 Å². The molecule has 0 atom stereocenters. The van der Waals surface area contributed by atoms with Crippen LogP contribution in [-0.2, 0) is 0 Å². The molecule has 0 N–H and O–H groups in total. The summed E-state index contributed by atoms with van der Waals surface area (Å²) >= 11 is 0. The van der Waals surface area contributed by atoms with E-state index in [1.54, 1.807) is 51.1 Å². The molecule has 1 aliphatic heterocycles. The van der Waals surface area contributed by atoms with Crippen LogP contribution in [0, 0.1) is 0 Å². The molecule has 0 saturated heterocycles. The summed E-state index contributed by atoms with van der Waals surface area (Å²) in [4.78, 5) is 0.